The number of hydrogen-bond acceptors (Lipinski definition) is 3. The topological polar surface area (TPSA) is 24.5 Å². The van der Waals surface area contributed by atoms with Gasteiger partial charge in [-0.25, -0.2) is 0 Å². The summed E-state index contributed by atoms with van der Waals surface area (Å²) in [4.78, 5) is 2.51. The van der Waals surface area contributed by atoms with Crippen molar-refractivity contribution < 1.29 is 4.74 Å². The number of rotatable bonds is 4. The molecule has 1 aliphatic rings. The van der Waals surface area contributed by atoms with Gasteiger partial charge in [0.2, 0.25) is 0 Å². The molecule has 1 fully saturated rings. The van der Waals surface area contributed by atoms with E-state index in [-0.39, 0.29) is 0 Å². The molecule has 1 aromatic rings. The fraction of sp³-hybridized carbons (Fsp3) is 0.625. The molecule has 1 saturated heterocycles. The van der Waals surface area contributed by atoms with Crippen LogP contribution in [0.2, 0.25) is 0 Å². The van der Waals surface area contributed by atoms with Gasteiger partial charge in [0.05, 0.1) is 7.11 Å². The van der Waals surface area contributed by atoms with Crippen molar-refractivity contribution in [2.45, 2.75) is 39.7 Å². The second-order valence-electron chi connectivity index (χ2n) is 5.44. The molecular formula is C16H26N2O. The Bertz CT molecular complexity index is 423. The van der Waals surface area contributed by atoms with Gasteiger partial charge < -0.3 is 15.0 Å². The Hall–Kier alpha value is -1.22. The van der Waals surface area contributed by atoms with Gasteiger partial charge in [-0.05, 0) is 44.9 Å². The number of benzene rings is 1. The van der Waals surface area contributed by atoms with Gasteiger partial charge in [0.15, 0.2) is 0 Å². The quantitative estimate of drug-likeness (QED) is 0.901. The summed E-state index contributed by atoms with van der Waals surface area (Å²) in [6, 6.07) is 4.91. The molecule has 0 saturated carbocycles. The number of nitrogens with one attached hydrogen (secondary N) is 1. The molecule has 0 radical (unpaired) electrons. The summed E-state index contributed by atoms with van der Waals surface area (Å²) in [5.74, 6) is 1.01. The monoisotopic (exact) mass is 262 g/mol. The van der Waals surface area contributed by atoms with Crippen molar-refractivity contribution in [3.63, 3.8) is 0 Å². The van der Waals surface area contributed by atoms with Crippen LogP contribution < -0.4 is 10.1 Å². The molecule has 19 heavy (non-hydrogen) atoms. The number of aryl methyl sites for hydroxylation is 1. The zero-order valence-electron chi connectivity index (χ0n) is 12.6. The van der Waals surface area contributed by atoms with Crippen LogP contribution >= 0.6 is 0 Å². The number of hydrogen-bond donors (Lipinski definition) is 1. The molecule has 1 aliphatic heterocycles. The zero-order chi connectivity index (χ0) is 13.8. The van der Waals surface area contributed by atoms with E-state index in [4.69, 9.17) is 4.74 Å². The van der Waals surface area contributed by atoms with Crippen LogP contribution in [-0.2, 0) is 0 Å². The number of anilines is 1. The molecule has 0 spiro atoms. The van der Waals surface area contributed by atoms with E-state index in [2.05, 4.69) is 43.1 Å². The van der Waals surface area contributed by atoms with Crippen molar-refractivity contribution in [2.75, 3.05) is 32.1 Å². The smallest absolute Gasteiger partial charge is 0.126 e. The standard InChI is InChI=1S/C16H26N2O/c1-5-18-10-8-14(9-11-18)17-15-7-6-12(2)16(19-4)13(15)3/h6-7,14,17H,5,8-11H2,1-4H3. The Morgan fingerprint density at radius 3 is 2.53 bits per heavy atom. The van der Waals surface area contributed by atoms with Gasteiger partial charge in [-0.1, -0.05) is 13.0 Å². The van der Waals surface area contributed by atoms with Gasteiger partial charge in [0, 0.05) is 30.4 Å². The van der Waals surface area contributed by atoms with E-state index in [9.17, 15) is 0 Å². The van der Waals surface area contributed by atoms with Crippen molar-refractivity contribution in [3.05, 3.63) is 23.3 Å². The Balaban J connectivity index is 2.04. The van der Waals surface area contributed by atoms with Crippen molar-refractivity contribution in [1.29, 1.82) is 0 Å². The van der Waals surface area contributed by atoms with Crippen LogP contribution in [0.1, 0.15) is 30.9 Å². The van der Waals surface area contributed by atoms with Crippen LogP contribution in [-0.4, -0.2) is 37.7 Å². The zero-order valence-corrected chi connectivity index (χ0v) is 12.6. The van der Waals surface area contributed by atoms with Crippen LogP contribution in [0, 0.1) is 13.8 Å². The molecule has 1 heterocycles. The summed E-state index contributed by atoms with van der Waals surface area (Å²) in [6.45, 7) is 10.0. The van der Waals surface area contributed by atoms with E-state index in [1.807, 2.05) is 0 Å². The number of methoxy groups -OCH3 is 1. The number of likely N-dealkylation sites (tertiary alicyclic amines) is 1. The number of ether oxygens (including phenoxy) is 1. The molecule has 2 rings (SSSR count). The molecule has 0 aromatic heterocycles. The van der Waals surface area contributed by atoms with Crippen LogP contribution in [0.25, 0.3) is 0 Å². The minimum Gasteiger partial charge on any atom is -0.496 e. The Labute approximate surface area is 116 Å². The van der Waals surface area contributed by atoms with Crippen molar-refractivity contribution in [3.8, 4) is 5.75 Å². The predicted octanol–water partition coefficient (Wildman–Crippen LogP) is 3.21. The van der Waals surface area contributed by atoms with Crippen molar-refractivity contribution >= 4 is 5.69 Å². The molecule has 3 heteroatoms. The molecule has 0 amide bonds. The fourth-order valence-corrected chi connectivity index (χ4v) is 2.91. The van der Waals surface area contributed by atoms with Crippen molar-refractivity contribution in [1.82, 2.24) is 4.90 Å². The van der Waals surface area contributed by atoms with Crippen LogP contribution in [0.15, 0.2) is 12.1 Å². The minimum absolute atomic E-state index is 0.592. The van der Waals surface area contributed by atoms with E-state index in [1.54, 1.807) is 7.11 Å². The molecule has 1 N–H and O–H groups in total. The first kappa shape index (κ1) is 14.2. The lowest BCUT2D eigenvalue weighted by molar-refractivity contribution is 0.229. The summed E-state index contributed by atoms with van der Waals surface area (Å²) < 4.78 is 5.49. The Kier molecular flexibility index (Phi) is 4.70. The lowest BCUT2D eigenvalue weighted by Crippen LogP contribution is -2.38. The molecule has 0 bridgehead atoms. The lowest BCUT2D eigenvalue weighted by Gasteiger charge is -2.32. The second-order valence-corrected chi connectivity index (χ2v) is 5.44. The number of nitrogens with zero attached hydrogens (tertiary/aromatic N) is 1. The van der Waals surface area contributed by atoms with Gasteiger partial charge in [0.25, 0.3) is 0 Å². The van der Waals surface area contributed by atoms with E-state index < -0.39 is 0 Å². The summed E-state index contributed by atoms with van der Waals surface area (Å²) in [6.07, 6.45) is 2.45. The molecule has 0 aliphatic carbocycles. The van der Waals surface area contributed by atoms with E-state index >= 15 is 0 Å². The molecule has 0 unspecified atom stereocenters. The van der Waals surface area contributed by atoms with Crippen LogP contribution in [0.3, 0.4) is 0 Å². The highest BCUT2D eigenvalue weighted by molar-refractivity contribution is 5.60. The summed E-state index contributed by atoms with van der Waals surface area (Å²) >= 11 is 0. The first-order chi connectivity index (χ1) is 9.15. The molecule has 3 nitrogen and oxygen atoms in total. The van der Waals surface area contributed by atoms with Crippen LogP contribution in [0.5, 0.6) is 5.75 Å². The highest BCUT2D eigenvalue weighted by Gasteiger charge is 2.19. The first-order valence-corrected chi connectivity index (χ1v) is 7.28. The van der Waals surface area contributed by atoms with Crippen molar-refractivity contribution in [2.24, 2.45) is 0 Å². The maximum absolute atomic E-state index is 5.49. The van der Waals surface area contributed by atoms with E-state index in [0.717, 1.165) is 5.75 Å². The van der Waals surface area contributed by atoms with Gasteiger partial charge in [-0.15, -0.1) is 0 Å². The number of piperidine rings is 1. The van der Waals surface area contributed by atoms with Gasteiger partial charge >= 0.3 is 0 Å². The molecule has 0 atom stereocenters. The van der Waals surface area contributed by atoms with Gasteiger partial charge in [-0.3, -0.25) is 0 Å². The highest BCUT2D eigenvalue weighted by atomic mass is 16.5. The maximum Gasteiger partial charge on any atom is 0.126 e. The summed E-state index contributed by atoms with van der Waals surface area (Å²) in [5, 5.41) is 3.69. The lowest BCUT2D eigenvalue weighted by atomic mass is 10.0. The highest BCUT2D eigenvalue weighted by Crippen LogP contribution is 2.30. The SMILES string of the molecule is CCN1CCC(Nc2ccc(C)c(OC)c2C)CC1. The van der Waals surface area contributed by atoms with Crippen LogP contribution in [0.4, 0.5) is 5.69 Å². The second kappa shape index (κ2) is 6.29. The Morgan fingerprint density at radius 2 is 1.95 bits per heavy atom. The van der Waals surface area contributed by atoms with Gasteiger partial charge in [-0.2, -0.15) is 0 Å². The summed E-state index contributed by atoms with van der Waals surface area (Å²) in [5.41, 5.74) is 3.64. The third-order valence-electron chi connectivity index (χ3n) is 4.20. The minimum atomic E-state index is 0.592. The first-order valence-electron chi connectivity index (χ1n) is 7.28. The average molecular weight is 262 g/mol. The third-order valence-corrected chi connectivity index (χ3v) is 4.20. The van der Waals surface area contributed by atoms with Gasteiger partial charge in [0.1, 0.15) is 5.75 Å². The fourth-order valence-electron chi connectivity index (χ4n) is 2.91. The maximum atomic E-state index is 5.49. The predicted molar refractivity (Wildman–Crippen MR) is 81.2 cm³/mol. The largest absolute Gasteiger partial charge is 0.496 e. The summed E-state index contributed by atoms with van der Waals surface area (Å²) in [7, 11) is 1.75. The third kappa shape index (κ3) is 3.21. The molecular weight excluding hydrogens is 236 g/mol. The average Bonchev–Trinajstić information content (AvgIpc) is 2.43. The molecule has 106 valence electrons. The van der Waals surface area contributed by atoms with E-state index in [1.165, 1.54) is 49.3 Å². The van der Waals surface area contributed by atoms with E-state index in [0.29, 0.717) is 6.04 Å². The Morgan fingerprint density at radius 1 is 1.26 bits per heavy atom. The molecule has 1 aromatic carbocycles. The normalized spacial score (nSPS) is 17.5.